The van der Waals surface area contributed by atoms with Gasteiger partial charge in [0.2, 0.25) is 0 Å². The molecule has 1 aromatic rings. The number of rotatable bonds is 1. The average molecular weight is 330 g/mol. The minimum Gasteiger partial charge on any atom is -0.465 e. The number of carbonyl (C=O) groups excluding carboxylic acids is 1. The van der Waals surface area contributed by atoms with Crippen LogP contribution in [0.25, 0.3) is 0 Å². The number of nitrogens with zero attached hydrogens (tertiary/aromatic N) is 2. The van der Waals surface area contributed by atoms with Crippen molar-refractivity contribution in [3.63, 3.8) is 0 Å². The molecule has 0 atom stereocenters. The van der Waals surface area contributed by atoms with Gasteiger partial charge in [0.25, 0.3) is 0 Å². The summed E-state index contributed by atoms with van der Waals surface area (Å²) in [6.07, 6.45) is 2.16. The van der Waals surface area contributed by atoms with Gasteiger partial charge in [0.1, 0.15) is 6.61 Å². The van der Waals surface area contributed by atoms with Gasteiger partial charge >= 0.3 is 12.1 Å². The molecule has 0 aromatic heterocycles. The lowest BCUT2D eigenvalue weighted by molar-refractivity contribution is 0.0534. The molecule has 3 aliphatic rings. The number of benzene rings is 1. The number of likely N-dealkylation sites (tertiary alicyclic amines) is 1. The van der Waals surface area contributed by atoms with Crippen molar-refractivity contribution in [2.45, 2.75) is 32.8 Å². The second-order valence-electron chi connectivity index (χ2n) is 7.25. The quantitative estimate of drug-likeness (QED) is 0.802. The van der Waals surface area contributed by atoms with Gasteiger partial charge in [-0.1, -0.05) is 0 Å². The fourth-order valence-electron chi connectivity index (χ4n) is 4.40. The fourth-order valence-corrected chi connectivity index (χ4v) is 4.40. The van der Waals surface area contributed by atoms with E-state index >= 15 is 0 Å². The molecule has 1 amide bonds. The molecule has 3 heterocycles. The summed E-state index contributed by atoms with van der Waals surface area (Å²) in [5.41, 5.74) is 4.26. The smallest absolute Gasteiger partial charge is 0.407 e. The number of ether oxygens (including phenoxy) is 1. The zero-order valence-corrected chi connectivity index (χ0v) is 13.9. The van der Waals surface area contributed by atoms with Crippen LogP contribution < -0.4 is 4.90 Å². The summed E-state index contributed by atoms with van der Waals surface area (Å²) in [6.45, 7) is 5.66. The van der Waals surface area contributed by atoms with Crippen LogP contribution in [0, 0.1) is 12.3 Å². The van der Waals surface area contributed by atoms with Gasteiger partial charge in [0, 0.05) is 37.4 Å². The molecular formula is C18H22N2O4. The highest BCUT2D eigenvalue weighted by atomic mass is 16.5. The number of anilines is 1. The minimum atomic E-state index is -0.807. The van der Waals surface area contributed by atoms with E-state index < -0.39 is 6.09 Å². The van der Waals surface area contributed by atoms with Crippen LogP contribution in [-0.2, 0) is 11.3 Å². The molecule has 6 nitrogen and oxygen atoms in total. The highest BCUT2D eigenvalue weighted by Crippen LogP contribution is 2.43. The molecule has 1 spiro atoms. The molecule has 6 heteroatoms. The number of fused-ring (bicyclic) bond motifs is 1. The summed E-state index contributed by atoms with van der Waals surface area (Å²) in [4.78, 5) is 26.7. The maximum atomic E-state index is 11.7. The first-order valence-electron chi connectivity index (χ1n) is 8.52. The van der Waals surface area contributed by atoms with Crippen molar-refractivity contribution in [2.75, 3.05) is 31.1 Å². The van der Waals surface area contributed by atoms with E-state index in [0.717, 1.165) is 43.5 Å². The molecule has 0 saturated carbocycles. The minimum absolute atomic E-state index is 0.224. The Morgan fingerprint density at radius 3 is 2.62 bits per heavy atom. The van der Waals surface area contributed by atoms with E-state index in [1.165, 1.54) is 10.6 Å². The number of piperidine rings is 1. The SMILES string of the molecule is Cc1c(N2CCC3(CCN(C(=O)O)CC3)C2)ccc2c1COC2=O. The van der Waals surface area contributed by atoms with Gasteiger partial charge in [-0.15, -0.1) is 0 Å². The predicted octanol–water partition coefficient (Wildman–Crippen LogP) is 2.64. The number of carbonyl (C=O) groups is 2. The van der Waals surface area contributed by atoms with Gasteiger partial charge in [0.15, 0.2) is 0 Å². The van der Waals surface area contributed by atoms with E-state index in [2.05, 4.69) is 11.8 Å². The highest BCUT2D eigenvalue weighted by Gasteiger charge is 2.42. The second-order valence-corrected chi connectivity index (χ2v) is 7.25. The van der Waals surface area contributed by atoms with Crippen molar-refractivity contribution < 1.29 is 19.4 Å². The van der Waals surface area contributed by atoms with Crippen LogP contribution in [0.2, 0.25) is 0 Å². The van der Waals surface area contributed by atoms with Gasteiger partial charge in [-0.3, -0.25) is 0 Å². The Balaban J connectivity index is 1.52. The van der Waals surface area contributed by atoms with Gasteiger partial charge < -0.3 is 19.6 Å². The van der Waals surface area contributed by atoms with Gasteiger partial charge in [-0.05, 0) is 49.3 Å². The van der Waals surface area contributed by atoms with E-state index in [-0.39, 0.29) is 11.4 Å². The van der Waals surface area contributed by atoms with E-state index in [9.17, 15) is 9.59 Å². The standard InChI is InChI=1S/C18H22N2O4/c1-12-14-10-24-16(21)13(14)2-3-15(12)20-9-6-18(11-20)4-7-19(8-5-18)17(22)23/h2-3H,4-11H2,1H3,(H,22,23). The van der Waals surface area contributed by atoms with Crippen LogP contribution in [0.4, 0.5) is 10.5 Å². The molecule has 0 bridgehead atoms. The summed E-state index contributed by atoms with van der Waals surface area (Å²) in [6, 6.07) is 3.91. The number of cyclic esters (lactones) is 1. The van der Waals surface area contributed by atoms with Crippen molar-refractivity contribution in [3.05, 3.63) is 28.8 Å². The van der Waals surface area contributed by atoms with E-state index in [1.807, 2.05) is 12.1 Å². The summed E-state index contributed by atoms with van der Waals surface area (Å²) in [5, 5.41) is 9.12. The maximum Gasteiger partial charge on any atom is 0.407 e. The van der Waals surface area contributed by atoms with Gasteiger partial charge in [-0.25, -0.2) is 9.59 Å². The molecule has 2 saturated heterocycles. The summed E-state index contributed by atoms with van der Waals surface area (Å²) < 4.78 is 5.15. The molecule has 24 heavy (non-hydrogen) atoms. The third-order valence-electron chi connectivity index (χ3n) is 6.01. The van der Waals surface area contributed by atoms with Crippen LogP contribution >= 0.6 is 0 Å². The van der Waals surface area contributed by atoms with E-state index in [0.29, 0.717) is 25.3 Å². The molecule has 0 radical (unpaired) electrons. The van der Waals surface area contributed by atoms with Crippen molar-refractivity contribution >= 4 is 17.7 Å². The Morgan fingerprint density at radius 1 is 1.21 bits per heavy atom. The van der Waals surface area contributed by atoms with Crippen molar-refractivity contribution in [2.24, 2.45) is 5.41 Å². The summed E-state index contributed by atoms with van der Waals surface area (Å²) >= 11 is 0. The topological polar surface area (TPSA) is 70.1 Å². The monoisotopic (exact) mass is 330 g/mol. The molecular weight excluding hydrogens is 308 g/mol. The zero-order chi connectivity index (χ0) is 16.9. The lowest BCUT2D eigenvalue weighted by Crippen LogP contribution is -2.43. The number of carboxylic acid groups (broad SMARTS) is 1. The highest BCUT2D eigenvalue weighted by molar-refractivity contribution is 5.94. The molecule has 128 valence electrons. The van der Waals surface area contributed by atoms with Crippen LogP contribution in [0.3, 0.4) is 0 Å². The average Bonchev–Trinajstić information content (AvgIpc) is 3.14. The molecule has 0 unspecified atom stereocenters. The lowest BCUT2D eigenvalue weighted by Gasteiger charge is -2.38. The molecule has 1 N–H and O–H groups in total. The zero-order valence-electron chi connectivity index (χ0n) is 13.9. The Morgan fingerprint density at radius 2 is 1.92 bits per heavy atom. The van der Waals surface area contributed by atoms with E-state index in [4.69, 9.17) is 9.84 Å². The molecule has 1 aromatic carbocycles. The largest absolute Gasteiger partial charge is 0.465 e. The van der Waals surface area contributed by atoms with Crippen LogP contribution in [0.1, 0.15) is 40.7 Å². The maximum absolute atomic E-state index is 11.7. The van der Waals surface area contributed by atoms with Crippen molar-refractivity contribution in [1.29, 1.82) is 0 Å². The first-order valence-corrected chi connectivity index (χ1v) is 8.52. The van der Waals surface area contributed by atoms with Crippen LogP contribution in [0.15, 0.2) is 12.1 Å². The number of hydrogen-bond acceptors (Lipinski definition) is 4. The summed E-state index contributed by atoms with van der Waals surface area (Å²) in [5.74, 6) is -0.224. The van der Waals surface area contributed by atoms with Crippen molar-refractivity contribution in [1.82, 2.24) is 4.90 Å². The second kappa shape index (κ2) is 5.40. The molecule has 0 aliphatic carbocycles. The summed E-state index contributed by atoms with van der Waals surface area (Å²) in [7, 11) is 0. The normalized spacial score (nSPS) is 22.0. The van der Waals surface area contributed by atoms with Gasteiger partial charge in [-0.2, -0.15) is 0 Å². The third kappa shape index (κ3) is 2.32. The van der Waals surface area contributed by atoms with Crippen molar-refractivity contribution in [3.8, 4) is 0 Å². The molecule has 2 fully saturated rings. The Bertz CT molecular complexity index is 707. The number of esters is 1. The fraction of sp³-hybridized carbons (Fsp3) is 0.556. The van der Waals surface area contributed by atoms with Crippen LogP contribution in [0.5, 0.6) is 0 Å². The molecule has 4 rings (SSSR count). The van der Waals surface area contributed by atoms with Gasteiger partial charge in [0.05, 0.1) is 5.56 Å². The lowest BCUT2D eigenvalue weighted by atomic mass is 9.78. The Hall–Kier alpha value is -2.24. The van der Waals surface area contributed by atoms with E-state index in [1.54, 1.807) is 0 Å². The number of hydrogen-bond donors (Lipinski definition) is 1. The predicted molar refractivity (Wildman–Crippen MR) is 88.4 cm³/mol. The third-order valence-corrected chi connectivity index (χ3v) is 6.01. The Labute approximate surface area is 141 Å². The first kappa shape index (κ1) is 15.3. The number of amides is 1. The van der Waals surface area contributed by atoms with Crippen LogP contribution in [-0.4, -0.2) is 48.2 Å². The molecule has 3 aliphatic heterocycles. The Kier molecular flexibility index (Phi) is 3.44. The first-order chi connectivity index (χ1) is 11.5.